The largest absolute Gasteiger partial charge is 0.434 e. The maximum atomic E-state index is 15.5. The molecule has 2 aromatic heterocycles. The summed E-state index contributed by atoms with van der Waals surface area (Å²) in [4.78, 5) is 29.1. The van der Waals surface area contributed by atoms with E-state index in [1.165, 1.54) is 24.5 Å². The second-order valence-corrected chi connectivity index (χ2v) is 11.9. The topological polar surface area (TPSA) is 99.2 Å². The zero-order valence-electron chi connectivity index (χ0n) is 22.7. The van der Waals surface area contributed by atoms with Gasteiger partial charge >= 0.3 is 6.61 Å². The number of imidazole rings is 1. The summed E-state index contributed by atoms with van der Waals surface area (Å²) < 4.78 is 49.2. The van der Waals surface area contributed by atoms with Gasteiger partial charge in [0.2, 0.25) is 0 Å². The molecule has 202 valence electrons. The Labute approximate surface area is 231 Å². The fourth-order valence-corrected chi connectivity index (χ4v) is 5.92. The van der Waals surface area contributed by atoms with Crippen molar-refractivity contribution in [3.05, 3.63) is 71.3 Å². The van der Waals surface area contributed by atoms with Gasteiger partial charge in [0, 0.05) is 47.1 Å². The summed E-state index contributed by atoms with van der Waals surface area (Å²) in [6.07, 6.45) is 3.46. The van der Waals surface area contributed by atoms with E-state index >= 15 is 4.39 Å². The van der Waals surface area contributed by atoms with Crippen LogP contribution >= 0.6 is 0 Å². The standard InChI is InChI=1S/C26H26B3F3N6O2/c1-25(2,33)23-34-9-11(10-35-23)13-6-16-15(7-14(13)30)36-21-18-8-17(37(16)21)20-12(22(39)38(18)26(27,28)29)4-3-5-19(20)40-24(31)32/h3-7,9-10,17-18,24H,8,27-29,33H2,1-2H3/t17-,18-/m1/s1. The fourth-order valence-electron chi connectivity index (χ4n) is 5.92. The zero-order valence-corrected chi connectivity index (χ0v) is 22.7. The summed E-state index contributed by atoms with van der Waals surface area (Å²) in [5.74, 6) is 0.115. The number of carbonyl (C=O) groups excluding carboxylic acids is 1. The number of ether oxygens (including phenoxy) is 1. The second kappa shape index (κ2) is 8.85. The molecule has 0 radical (unpaired) electrons. The van der Waals surface area contributed by atoms with Crippen molar-refractivity contribution in [3.63, 3.8) is 0 Å². The van der Waals surface area contributed by atoms with E-state index in [0.29, 0.717) is 45.8 Å². The van der Waals surface area contributed by atoms with E-state index in [0.717, 1.165) is 0 Å². The molecule has 2 atom stereocenters. The van der Waals surface area contributed by atoms with Crippen LogP contribution in [0.2, 0.25) is 0 Å². The lowest BCUT2D eigenvalue weighted by Crippen LogP contribution is -2.54. The van der Waals surface area contributed by atoms with Crippen molar-refractivity contribution in [1.82, 2.24) is 24.4 Å². The van der Waals surface area contributed by atoms with Gasteiger partial charge in [-0.1, -0.05) is 6.07 Å². The summed E-state index contributed by atoms with van der Waals surface area (Å²) in [7, 11) is 5.75. The number of amides is 1. The summed E-state index contributed by atoms with van der Waals surface area (Å²) in [5.41, 5.74) is 7.71. The molecule has 0 saturated heterocycles. The first-order valence-electron chi connectivity index (χ1n) is 13.0. The van der Waals surface area contributed by atoms with Gasteiger partial charge in [-0.3, -0.25) is 4.79 Å². The van der Waals surface area contributed by atoms with Crippen molar-refractivity contribution < 1.29 is 22.7 Å². The summed E-state index contributed by atoms with van der Waals surface area (Å²) in [5, 5.41) is -0.618. The molecule has 2 aliphatic rings. The average molecular weight is 544 g/mol. The van der Waals surface area contributed by atoms with Crippen molar-refractivity contribution in [1.29, 1.82) is 0 Å². The lowest BCUT2D eigenvalue weighted by atomic mass is 9.48. The van der Waals surface area contributed by atoms with Crippen molar-refractivity contribution in [2.75, 3.05) is 0 Å². The number of nitrogens with zero attached hydrogens (tertiary/aromatic N) is 5. The molecule has 14 heteroatoms. The molecule has 4 heterocycles. The van der Waals surface area contributed by atoms with Crippen molar-refractivity contribution in [2.45, 2.75) is 49.7 Å². The third kappa shape index (κ3) is 4.07. The lowest BCUT2D eigenvalue weighted by molar-refractivity contribution is -0.0507. The number of halogens is 3. The third-order valence-corrected chi connectivity index (χ3v) is 7.50. The Morgan fingerprint density at radius 1 is 1.10 bits per heavy atom. The number of hydrogen-bond donors (Lipinski definition) is 1. The van der Waals surface area contributed by atoms with Crippen molar-refractivity contribution in [2.24, 2.45) is 5.73 Å². The van der Waals surface area contributed by atoms with Crippen LogP contribution in [0.15, 0.2) is 42.7 Å². The number of aromatic nitrogens is 4. The number of hydrogen-bond acceptors (Lipinski definition) is 6. The van der Waals surface area contributed by atoms with E-state index in [1.807, 2.05) is 28.1 Å². The van der Waals surface area contributed by atoms with Gasteiger partial charge in [0.1, 0.15) is 46.8 Å². The summed E-state index contributed by atoms with van der Waals surface area (Å²) >= 11 is 0. The van der Waals surface area contributed by atoms with Crippen LogP contribution in [-0.2, 0) is 5.54 Å². The Balaban J connectivity index is 1.59. The number of carbonyl (C=O) groups is 1. The smallest absolute Gasteiger partial charge is 0.387 e. The maximum Gasteiger partial charge on any atom is 0.387 e. The second-order valence-electron chi connectivity index (χ2n) is 11.9. The monoisotopic (exact) mass is 544 g/mol. The SMILES string of the molecule is BC(B)(B)N1C(=O)c2cccc(OC(F)F)c2[C@H]2C[C@@H]1c1nc3cc(F)c(-c4cnc(C(C)(C)N)nc4)cc3n12. The highest BCUT2D eigenvalue weighted by Gasteiger charge is 2.49. The zero-order chi connectivity index (χ0) is 28.7. The maximum absolute atomic E-state index is 15.5. The van der Waals surface area contributed by atoms with Gasteiger partial charge in [0.05, 0.1) is 28.7 Å². The van der Waals surface area contributed by atoms with E-state index < -0.39 is 35.3 Å². The van der Waals surface area contributed by atoms with Crippen molar-refractivity contribution in [3.8, 4) is 16.9 Å². The molecule has 2 aromatic carbocycles. The first-order chi connectivity index (χ1) is 18.8. The molecule has 2 aliphatic heterocycles. The minimum absolute atomic E-state index is 0.0641. The molecule has 0 aliphatic carbocycles. The van der Waals surface area contributed by atoms with Crippen molar-refractivity contribution >= 4 is 40.5 Å². The molecule has 40 heavy (non-hydrogen) atoms. The summed E-state index contributed by atoms with van der Waals surface area (Å²) in [6.45, 7) is 0.488. The van der Waals surface area contributed by atoms with Crippen LogP contribution < -0.4 is 10.5 Å². The van der Waals surface area contributed by atoms with E-state index in [4.69, 9.17) is 15.5 Å². The number of rotatable bonds is 5. The van der Waals surface area contributed by atoms with E-state index in [1.54, 1.807) is 36.9 Å². The first kappa shape index (κ1) is 26.4. The average Bonchev–Trinajstić information content (AvgIpc) is 3.34. The predicted molar refractivity (Wildman–Crippen MR) is 151 cm³/mol. The molecule has 0 fully saturated rings. The summed E-state index contributed by atoms with van der Waals surface area (Å²) in [6, 6.07) is 6.63. The highest BCUT2D eigenvalue weighted by Crippen LogP contribution is 2.51. The highest BCUT2D eigenvalue weighted by molar-refractivity contribution is 6.60. The van der Waals surface area contributed by atoms with Crippen LogP contribution in [0.3, 0.4) is 0 Å². The minimum atomic E-state index is -3.07. The molecule has 6 rings (SSSR count). The van der Waals surface area contributed by atoms with Gasteiger partial charge < -0.3 is 19.9 Å². The van der Waals surface area contributed by atoms with Gasteiger partial charge in [-0.2, -0.15) is 8.78 Å². The van der Waals surface area contributed by atoms with Crippen LogP contribution in [0.1, 0.15) is 59.9 Å². The Morgan fingerprint density at radius 2 is 1.80 bits per heavy atom. The Bertz CT molecular complexity index is 1670. The number of nitrogens with two attached hydrogens (primary N) is 1. The third-order valence-electron chi connectivity index (χ3n) is 7.50. The minimum Gasteiger partial charge on any atom is -0.434 e. The lowest BCUT2D eigenvalue weighted by Gasteiger charge is -2.40. The molecule has 4 aromatic rings. The Morgan fingerprint density at radius 3 is 2.42 bits per heavy atom. The highest BCUT2D eigenvalue weighted by atomic mass is 19.3. The van der Waals surface area contributed by atoms with Crippen LogP contribution in [0, 0.1) is 5.82 Å². The quantitative estimate of drug-likeness (QED) is 0.382. The van der Waals surface area contributed by atoms with Gasteiger partial charge in [-0.25, -0.2) is 19.3 Å². The number of alkyl halides is 2. The van der Waals surface area contributed by atoms with E-state index in [9.17, 15) is 13.6 Å². The van der Waals surface area contributed by atoms with Gasteiger partial charge in [-0.05, 0) is 37.3 Å². The normalized spacial score (nSPS) is 18.7. The van der Waals surface area contributed by atoms with Crippen LogP contribution in [0.5, 0.6) is 5.75 Å². The van der Waals surface area contributed by atoms with Crippen LogP contribution in [0.4, 0.5) is 13.2 Å². The van der Waals surface area contributed by atoms with E-state index in [2.05, 4.69) is 9.97 Å². The van der Waals surface area contributed by atoms with Crippen LogP contribution in [0.25, 0.3) is 22.2 Å². The van der Waals surface area contributed by atoms with E-state index in [-0.39, 0.29) is 17.2 Å². The Hall–Kier alpha value is -3.80. The molecule has 1 amide bonds. The fraction of sp³-hybridized carbons (Fsp3) is 0.308. The molecular weight excluding hydrogens is 518 g/mol. The molecule has 0 unspecified atom stereocenters. The van der Waals surface area contributed by atoms with Gasteiger partial charge in [0.25, 0.3) is 5.91 Å². The Kier molecular flexibility index (Phi) is 5.85. The molecule has 0 saturated carbocycles. The molecule has 0 spiro atoms. The van der Waals surface area contributed by atoms with Crippen LogP contribution in [-0.4, -0.2) is 65.7 Å². The number of benzene rings is 2. The van der Waals surface area contributed by atoms with Gasteiger partial charge in [-0.15, -0.1) is 0 Å². The molecular formula is C26H26B3F3N6O2. The predicted octanol–water partition coefficient (Wildman–Crippen LogP) is 1.43. The molecule has 2 bridgehead atoms. The number of fused-ring (bicyclic) bond motifs is 9. The molecule has 2 N–H and O–H groups in total. The molecule has 8 nitrogen and oxygen atoms in total. The van der Waals surface area contributed by atoms with Gasteiger partial charge in [0.15, 0.2) is 0 Å². The first-order valence-corrected chi connectivity index (χ1v) is 13.0.